The first-order valence-electron chi connectivity index (χ1n) is 6.85. The number of nitrogens with zero attached hydrogens (tertiary/aromatic N) is 2. The van der Waals surface area contributed by atoms with Gasteiger partial charge >= 0.3 is 6.03 Å². The van der Waals surface area contributed by atoms with Gasteiger partial charge in [-0.3, -0.25) is 0 Å². The van der Waals surface area contributed by atoms with Gasteiger partial charge in [-0.1, -0.05) is 0 Å². The fraction of sp³-hybridized carbons (Fsp3) is 0.923. The summed E-state index contributed by atoms with van der Waals surface area (Å²) in [4.78, 5) is 16.3. The molecule has 0 aromatic heterocycles. The summed E-state index contributed by atoms with van der Waals surface area (Å²) in [6.45, 7) is 5.57. The van der Waals surface area contributed by atoms with Gasteiger partial charge in [0.15, 0.2) is 0 Å². The Kier molecular flexibility index (Phi) is 3.92. The van der Waals surface area contributed by atoms with Gasteiger partial charge in [0.05, 0.1) is 6.10 Å². The summed E-state index contributed by atoms with van der Waals surface area (Å²) in [6, 6.07) is 0.805. The minimum atomic E-state index is -0.330. The van der Waals surface area contributed by atoms with Gasteiger partial charge in [-0.05, 0) is 46.0 Å². The van der Waals surface area contributed by atoms with Crippen LogP contribution < -0.4 is 0 Å². The van der Waals surface area contributed by atoms with Crippen LogP contribution in [0.3, 0.4) is 0 Å². The van der Waals surface area contributed by atoms with Gasteiger partial charge in [0.1, 0.15) is 0 Å². The second-order valence-electron chi connectivity index (χ2n) is 5.56. The second-order valence-corrected chi connectivity index (χ2v) is 5.56. The minimum absolute atomic E-state index is 0.128. The van der Waals surface area contributed by atoms with E-state index in [1.807, 2.05) is 9.80 Å². The van der Waals surface area contributed by atoms with Crippen LogP contribution in [0.1, 0.15) is 46.0 Å². The van der Waals surface area contributed by atoms with Crippen molar-refractivity contribution < 1.29 is 9.90 Å². The number of piperidine rings is 2. The van der Waals surface area contributed by atoms with Gasteiger partial charge in [0.2, 0.25) is 0 Å². The third-order valence-corrected chi connectivity index (χ3v) is 4.08. The topological polar surface area (TPSA) is 43.8 Å². The van der Waals surface area contributed by atoms with Crippen LogP contribution in [-0.4, -0.2) is 52.2 Å². The van der Waals surface area contributed by atoms with E-state index in [1.165, 1.54) is 6.42 Å². The molecule has 2 saturated heterocycles. The SMILES string of the molecule is CC1CCCC(C)N1C(=O)N1CCCC(O)C1. The van der Waals surface area contributed by atoms with Crippen molar-refractivity contribution in [3.8, 4) is 0 Å². The van der Waals surface area contributed by atoms with E-state index >= 15 is 0 Å². The molecular formula is C13H24N2O2. The number of carbonyl (C=O) groups is 1. The highest BCUT2D eigenvalue weighted by Gasteiger charge is 2.33. The maximum absolute atomic E-state index is 12.5. The quantitative estimate of drug-likeness (QED) is 0.702. The van der Waals surface area contributed by atoms with Crippen molar-refractivity contribution in [2.45, 2.75) is 64.1 Å². The van der Waals surface area contributed by atoms with E-state index in [0.717, 1.165) is 32.2 Å². The first kappa shape index (κ1) is 12.7. The average molecular weight is 240 g/mol. The van der Waals surface area contributed by atoms with E-state index in [4.69, 9.17) is 0 Å². The standard InChI is InChI=1S/C13H24N2O2/c1-10-5-3-6-11(2)15(10)13(17)14-8-4-7-12(16)9-14/h10-12,16H,3-9H2,1-2H3. The number of likely N-dealkylation sites (tertiary alicyclic amines) is 2. The van der Waals surface area contributed by atoms with Crippen LogP contribution in [0.5, 0.6) is 0 Å². The Labute approximate surface area is 104 Å². The predicted octanol–water partition coefficient (Wildman–Crippen LogP) is 1.83. The van der Waals surface area contributed by atoms with Crippen molar-refractivity contribution in [3.63, 3.8) is 0 Å². The zero-order valence-electron chi connectivity index (χ0n) is 10.9. The van der Waals surface area contributed by atoms with E-state index in [-0.39, 0.29) is 12.1 Å². The van der Waals surface area contributed by atoms with Gasteiger partial charge in [-0.25, -0.2) is 4.79 Å². The fourth-order valence-corrected chi connectivity index (χ4v) is 3.09. The maximum atomic E-state index is 12.5. The Balaban J connectivity index is 2.02. The highest BCUT2D eigenvalue weighted by atomic mass is 16.3. The lowest BCUT2D eigenvalue weighted by Crippen LogP contribution is -2.55. The summed E-state index contributed by atoms with van der Waals surface area (Å²) >= 11 is 0. The molecule has 1 N–H and O–H groups in total. The molecule has 4 heteroatoms. The van der Waals surface area contributed by atoms with E-state index in [2.05, 4.69) is 13.8 Å². The summed E-state index contributed by atoms with van der Waals surface area (Å²) < 4.78 is 0. The second kappa shape index (κ2) is 5.25. The van der Waals surface area contributed by atoms with Crippen LogP contribution in [-0.2, 0) is 0 Å². The molecule has 2 rings (SSSR count). The van der Waals surface area contributed by atoms with Crippen molar-refractivity contribution in [3.05, 3.63) is 0 Å². The summed E-state index contributed by atoms with van der Waals surface area (Å²) in [5, 5.41) is 9.65. The van der Waals surface area contributed by atoms with E-state index in [0.29, 0.717) is 18.6 Å². The van der Waals surface area contributed by atoms with Crippen molar-refractivity contribution in [1.82, 2.24) is 9.80 Å². The smallest absolute Gasteiger partial charge is 0.320 e. The third-order valence-electron chi connectivity index (χ3n) is 4.08. The predicted molar refractivity (Wildman–Crippen MR) is 66.8 cm³/mol. The summed E-state index contributed by atoms with van der Waals surface area (Å²) in [6.07, 6.45) is 4.84. The molecule has 0 aromatic carbocycles. The molecule has 2 fully saturated rings. The lowest BCUT2D eigenvalue weighted by Gasteiger charge is -2.43. The Bertz CT molecular complexity index is 273. The Hall–Kier alpha value is -0.770. The molecular weight excluding hydrogens is 216 g/mol. The molecule has 0 saturated carbocycles. The zero-order valence-corrected chi connectivity index (χ0v) is 10.9. The van der Waals surface area contributed by atoms with Crippen LogP contribution in [0.15, 0.2) is 0 Å². The molecule has 0 bridgehead atoms. The number of carbonyl (C=O) groups excluding carboxylic acids is 1. The number of rotatable bonds is 0. The number of β-amino-alcohol motifs (C(OH)–C–C–N with tert-alkyl or cyclic N) is 1. The van der Waals surface area contributed by atoms with Crippen LogP contribution in [0.4, 0.5) is 4.79 Å². The molecule has 2 aliphatic rings. The highest BCUT2D eigenvalue weighted by molar-refractivity contribution is 5.75. The highest BCUT2D eigenvalue weighted by Crippen LogP contribution is 2.25. The zero-order chi connectivity index (χ0) is 12.4. The Morgan fingerprint density at radius 2 is 1.76 bits per heavy atom. The first-order valence-corrected chi connectivity index (χ1v) is 6.85. The number of hydrogen-bond acceptors (Lipinski definition) is 2. The summed E-state index contributed by atoms with van der Waals surface area (Å²) in [5.41, 5.74) is 0. The van der Waals surface area contributed by atoms with Crippen molar-refractivity contribution in [2.75, 3.05) is 13.1 Å². The molecule has 2 amide bonds. The lowest BCUT2D eigenvalue weighted by molar-refractivity contribution is 0.0498. The average Bonchev–Trinajstić information content (AvgIpc) is 2.28. The molecule has 17 heavy (non-hydrogen) atoms. The molecule has 4 nitrogen and oxygen atoms in total. The number of hydrogen-bond donors (Lipinski definition) is 1. The molecule has 0 spiro atoms. The van der Waals surface area contributed by atoms with E-state index in [9.17, 15) is 9.90 Å². The van der Waals surface area contributed by atoms with Gasteiger partial charge < -0.3 is 14.9 Å². The van der Waals surface area contributed by atoms with Crippen molar-refractivity contribution in [2.24, 2.45) is 0 Å². The molecule has 98 valence electrons. The number of urea groups is 1. The van der Waals surface area contributed by atoms with E-state index in [1.54, 1.807) is 0 Å². The normalized spacial score (nSPS) is 34.9. The van der Waals surface area contributed by atoms with Crippen LogP contribution in [0.25, 0.3) is 0 Å². The fourth-order valence-electron chi connectivity index (χ4n) is 3.09. The number of aliphatic hydroxyl groups is 1. The maximum Gasteiger partial charge on any atom is 0.320 e. The number of amides is 2. The lowest BCUT2D eigenvalue weighted by atomic mass is 9.98. The molecule has 2 aliphatic heterocycles. The van der Waals surface area contributed by atoms with Gasteiger partial charge in [0.25, 0.3) is 0 Å². The molecule has 3 unspecified atom stereocenters. The van der Waals surface area contributed by atoms with Crippen molar-refractivity contribution >= 4 is 6.03 Å². The third kappa shape index (κ3) is 2.73. The molecule has 2 heterocycles. The Morgan fingerprint density at radius 1 is 1.12 bits per heavy atom. The van der Waals surface area contributed by atoms with Crippen LogP contribution >= 0.6 is 0 Å². The monoisotopic (exact) mass is 240 g/mol. The summed E-state index contributed by atoms with van der Waals surface area (Å²) in [5.74, 6) is 0. The van der Waals surface area contributed by atoms with Gasteiger partial charge in [0, 0.05) is 25.2 Å². The van der Waals surface area contributed by atoms with Crippen molar-refractivity contribution in [1.29, 1.82) is 0 Å². The van der Waals surface area contributed by atoms with Gasteiger partial charge in [-0.15, -0.1) is 0 Å². The molecule has 0 aromatic rings. The minimum Gasteiger partial charge on any atom is -0.391 e. The molecule has 0 radical (unpaired) electrons. The Morgan fingerprint density at radius 3 is 2.35 bits per heavy atom. The van der Waals surface area contributed by atoms with E-state index < -0.39 is 0 Å². The molecule has 0 aliphatic carbocycles. The van der Waals surface area contributed by atoms with Gasteiger partial charge in [-0.2, -0.15) is 0 Å². The van der Waals surface area contributed by atoms with Crippen LogP contribution in [0.2, 0.25) is 0 Å². The largest absolute Gasteiger partial charge is 0.391 e. The van der Waals surface area contributed by atoms with Crippen LogP contribution in [0, 0.1) is 0 Å². The summed E-state index contributed by atoms with van der Waals surface area (Å²) in [7, 11) is 0. The number of aliphatic hydroxyl groups excluding tert-OH is 1. The first-order chi connectivity index (χ1) is 8.09. The molecule has 3 atom stereocenters.